The second-order valence-electron chi connectivity index (χ2n) is 23.0. The lowest BCUT2D eigenvalue weighted by molar-refractivity contribution is 0.350. The summed E-state index contributed by atoms with van der Waals surface area (Å²) in [6.07, 6.45) is 14.0. The molecule has 1 heteroatoms. The van der Waals surface area contributed by atoms with E-state index in [4.69, 9.17) is 0 Å². The average Bonchev–Trinajstić information content (AvgIpc) is 4.13. The molecule has 0 aliphatic heterocycles. The highest BCUT2D eigenvalue weighted by Crippen LogP contribution is 2.67. The van der Waals surface area contributed by atoms with Gasteiger partial charge in [-0.1, -0.05) is 191 Å². The van der Waals surface area contributed by atoms with Gasteiger partial charge in [0.15, 0.2) is 0 Å². The van der Waals surface area contributed by atoms with E-state index in [-0.39, 0.29) is 5.41 Å². The summed E-state index contributed by atoms with van der Waals surface area (Å²) < 4.78 is 0. The second-order valence-corrected chi connectivity index (χ2v) is 23.0. The molecule has 0 heterocycles. The summed E-state index contributed by atoms with van der Waals surface area (Å²) in [7, 11) is 0. The first-order chi connectivity index (χ1) is 33.9. The van der Waals surface area contributed by atoms with Crippen LogP contribution in [0.3, 0.4) is 0 Å². The Bertz CT molecular complexity index is 3310. The van der Waals surface area contributed by atoms with Crippen LogP contribution in [0.25, 0.3) is 44.5 Å². The number of hydrogen-bond acceptors (Lipinski definition) is 1. The van der Waals surface area contributed by atoms with Gasteiger partial charge in [0.2, 0.25) is 0 Å². The van der Waals surface area contributed by atoms with Crippen molar-refractivity contribution in [3.05, 3.63) is 220 Å². The molecule has 7 aliphatic rings. The van der Waals surface area contributed by atoms with Crippen molar-refractivity contribution in [3.63, 3.8) is 0 Å². The lowest BCUT2D eigenvalue weighted by atomic mass is 9.69. The van der Waals surface area contributed by atoms with Crippen LogP contribution >= 0.6 is 0 Å². The molecule has 0 radical (unpaired) electrons. The van der Waals surface area contributed by atoms with Gasteiger partial charge in [-0.2, -0.15) is 0 Å². The molecule has 69 heavy (non-hydrogen) atoms. The van der Waals surface area contributed by atoms with E-state index >= 15 is 0 Å². The molecule has 1 spiro atoms. The zero-order chi connectivity index (χ0) is 45.6. The molecular formula is C68H61N. The van der Waals surface area contributed by atoms with Gasteiger partial charge >= 0.3 is 0 Å². The lowest BCUT2D eigenvalue weighted by Crippen LogP contribution is -2.27. The first kappa shape index (κ1) is 40.4. The van der Waals surface area contributed by atoms with E-state index in [1.54, 1.807) is 11.1 Å². The maximum Gasteiger partial charge on any atom is 0.0726 e. The molecule has 15 rings (SSSR count). The molecule has 8 aromatic rings. The predicted molar refractivity (Wildman–Crippen MR) is 286 cm³/mol. The maximum atomic E-state index is 2.75. The van der Waals surface area contributed by atoms with Crippen LogP contribution in [-0.2, 0) is 10.8 Å². The zero-order valence-corrected chi connectivity index (χ0v) is 40.2. The molecule has 338 valence electrons. The van der Waals surface area contributed by atoms with Crippen LogP contribution in [0, 0.1) is 23.7 Å². The highest BCUT2D eigenvalue weighted by atomic mass is 15.1. The van der Waals surface area contributed by atoms with Crippen LogP contribution in [0.1, 0.15) is 134 Å². The Morgan fingerprint density at radius 3 is 1.61 bits per heavy atom. The first-order valence-corrected chi connectivity index (χ1v) is 26.7. The number of para-hydroxylation sites is 1. The molecule has 4 bridgehead atoms. The van der Waals surface area contributed by atoms with Gasteiger partial charge < -0.3 is 4.90 Å². The number of fused-ring (bicyclic) bond motifs is 17. The van der Waals surface area contributed by atoms with E-state index in [0.29, 0.717) is 11.8 Å². The smallest absolute Gasteiger partial charge is 0.0726 e. The van der Waals surface area contributed by atoms with Crippen LogP contribution in [-0.4, -0.2) is 0 Å². The van der Waals surface area contributed by atoms with Gasteiger partial charge in [0.25, 0.3) is 0 Å². The van der Waals surface area contributed by atoms with E-state index in [0.717, 1.165) is 23.7 Å². The van der Waals surface area contributed by atoms with Crippen molar-refractivity contribution in [1.82, 2.24) is 0 Å². The fraction of sp³-hybridized carbons (Fsp3) is 0.294. The summed E-state index contributed by atoms with van der Waals surface area (Å²) in [6.45, 7) is 4.83. The van der Waals surface area contributed by atoms with Gasteiger partial charge in [-0.25, -0.2) is 0 Å². The van der Waals surface area contributed by atoms with Gasteiger partial charge in [0, 0.05) is 22.2 Å². The Hall–Kier alpha value is -6.44. The van der Waals surface area contributed by atoms with Gasteiger partial charge in [0.05, 0.1) is 16.8 Å². The van der Waals surface area contributed by atoms with Crippen molar-refractivity contribution in [2.75, 3.05) is 4.90 Å². The van der Waals surface area contributed by atoms with Crippen molar-refractivity contribution in [2.45, 2.75) is 101 Å². The molecule has 4 fully saturated rings. The van der Waals surface area contributed by atoms with Crippen molar-refractivity contribution in [1.29, 1.82) is 0 Å². The van der Waals surface area contributed by atoms with Gasteiger partial charge in [-0.15, -0.1) is 0 Å². The summed E-state index contributed by atoms with van der Waals surface area (Å²) in [6, 6.07) is 69.4. The van der Waals surface area contributed by atoms with E-state index in [9.17, 15) is 0 Å². The van der Waals surface area contributed by atoms with Crippen LogP contribution in [0.2, 0.25) is 0 Å². The van der Waals surface area contributed by atoms with Crippen LogP contribution < -0.4 is 4.90 Å². The number of rotatable bonds is 6. The van der Waals surface area contributed by atoms with E-state index in [1.165, 1.54) is 159 Å². The fourth-order valence-corrected chi connectivity index (χ4v) is 16.4. The highest BCUT2D eigenvalue weighted by Gasteiger charge is 2.54. The predicted octanol–water partition coefficient (Wildman–Crippen LogP) is 18.1. The quantitative estimate of drug-likeness (QED) is 0.161. The molecule has 0 N–H and O–H groups in total. The minimum atomic E-state index is -0.438. The molecule has 0 aromatic heterocycles. The second kappa shape index (κ2) is 15.0. The topological polar surface area (TPSA) is 3.24 Å². The number of anilines is 3. The standard InChI is InChI=1S/C68H61N/c1-67(2)58-24-9-6-22-51(58)52-34-31-49(41-61(52)67)69(64-27-11-8-21-50(64)44-17-4-3-5-18-44)65-28-14-26-60-66(65)55-23-7-10-25-59(55)68(60)62-39-47(56-37-42-15-12-19-45(56)35-42)29-32-53(62)54-33-30-48(40-63(54)68)57-38-43-16-13-20-46(57)36-43/h3-11,14,17-18,21-34,39-43,45-46,56-57H,12-13,15-16,19-20,35-38H2,1-2H3. The Morgan fingerprint density at radius 2 is 0.928 bits per heavy atom. The van der Waals surface area contributed by atoms with Gasteiger partial charge in [-0.3, -0.25) is 0 Å². The van der Waals surface area contributed by atoms with Crippen molar-refractivity contribution in [3.8, 4) is 44.5 Å². The normalized spacial score (nSPS) is 25.7. The number of hydrogen-bond donors (Lipinski definition) is 0. The Kier molecular flexibility index (Phi) is 8.81. The van der Waals surface area contributed by atoms with Crippen LogP contribution in [0.4, 0.5) is 17.1 Å². The van der Waals surface area contributed by atoms with Crippen LogP contribution in [0.15, 0.2) is 176 Å². The summed E-state index contributed by atoms with van der Waals surface area (Å²) in [5.41, 5.74) is 25.7. The van der Waals surface area contributed by atoms with E-state index < -0.39 is 5.41 Å². The molecule has 0 amide bonds. The third-order valence-corrected chi connectivity index (χ3v) is 19.3. The Morgan fingerprint density at radius 1 is 0.391 bits per heavy atom. The molecule has 6 unspecified atom stereocenters. The van der Waals surface area contributed by atoms with Crippen molar-refractivity contribution >= 4 is 17.1 Å². The Labute approximate surface area is 409 Å². The van der Waals surface area contributed by atoms with E-state index in [2.05, 4.69) is 195 Å². The molecule has 6 atom stereocenters. The number of benzene rings is 8. The largest absolute Gasteiger partial charge is 0.309 e. The lowest BCUT2D eigenvalue weighted by Gasteiger charge is -2.34. The Balaban J connectivity index is 0.999. The van der Waals surface area contributed by atoms with Gasteiger partial charge in [0.1, 0.15) is 0 Å². The third-order valence-electron chi connectivity index (χ3n) is 19.3. The SMILES string of the molecule is CC1(C)c2ccccc2-c2ccc(N(c3ccccc3-c3ccccc3)c3cccc4c3-c3ccccc3C43c4cc(C5CC6CCCC5C6)ccc4-c4ccc(C5CC6CCCC5C6)cc43)cc21. The van der Waals surface area contributed by atoms with Crippen molar-refractivity contribution in [2.24, 2.45) is 23.7 Å². The molecule has 1 nitrogen and oxygen atoms in total. The third kappa shape index (κ3) is 5.71. The fourth-order valence-electron chi connectivity index (χ4n) is 16.4. The summed E-state index contributed by atoms with van der Waals surface area (Å²) in [5.74, 6) is 4.71. The minimum Gasteiger partial charge on any atom is -0.309 e. The summed E-state index contributed by atoms with van der Waals surface area (Å²) >= 11 is 0. The van der Waals surface area contributed by atoms with Crippen molar-refractivity contribution < 1.29 is 0 Å². The molecular weight excluding hydrogens is 831 g/mol. The maximum absolute atomic E-state index is 2.75. The molecule has 0 saturated heterocycles. The van der Waals surface area contributed by atoms with Gasteiger partial charge in [-0.05, 0) is 176 Å². The highest BCUT2D eigenvalue weighted by molar-refractivity contribution is 6.03. The minimum absolute atomic E-state index is 0.135. The monoisotopic (exact) mass is 891 g/mol. The van der Waals surface area contributed by atoms with E-state index in [1.807, 2.05) is 0 Å². The zero-order valence-electron chi connectivity index (χ0n) is 40.2. The summed E-state index contributed by atoms with van der Waals surface area (Å²) in [5, 5.41) is 0. The first-order valence-electron chi connectivity index (χ1n) is 26.7. The van der Waals surface area contributed by atoms with Crippen LogP contribution in [0.5, 0.6) is 0 Å². The molecule has 7 aliphatic carbocycles. The summed E-state index contributed by atoms with van der Waals surface area (Å²) in [4.78, 5) is 2.64. The average molecular weight is 892 g/mol. The molecule has 8 aromatic carbocycles. The number of nitrogens with zero attached hydrogens (tertiary/aromatic N) is 1. The molecule has 4 saturated carbocycles.